The Hall–Kier alpha value is -0.610. The first kappa shape index (κ1) is 27.4. The third-order valence-electron chi connectivity index (χ3n) is 5.24. The van der Waals surface area contributed by atoms with Crippen LogP contribution in [0.25, 0.3) is 0 Å². The number of carboxylic acids is 1. The van der Waals surface area contributed by atoms with E-state index < -0.39 is 5.97 Å². The Kier molecular flexibility index (Phi) is 23.9. The minimum Gasteiger partial charge on any atom is -0.480 e. The summed E-state index contributed by atoms with van der Waals surface area (Å²) >= 11 is 0. The van der Waals surface area contributed by atoms with Crippen LogP contribution in [0.2, 0.25) is 0 Å². The van der Waals surface area contributed by atoms with Gasteiger partial charge in [-0.05, 0) is 6.42 Å². The van der Waals surface area contributed by atoms with Gasteiger partial charge in [-0.15, -0.1) is 0 Å². The molecule has 0 radical (unpaired) electrons. The Morgan fingerprint density at radius 2 is 0.893 bits per heavy atom. The van der Waals surface area contributed by atoms with Crippen molar-refractivity contribution in [2.45, 2.75) is 122 Å². The van der Waals surface area contributed by atoms with Gasteiger partial charge >= 0.3 is 5.97 Å². The SMILES string of the molecule is CCCCCCCCCCCCCCCCCCCCOCCOCC(=O)O. The van der Waals surface area contributed by atoms with E-state index >= 15 is 0 Å². The van der Waals surface area contributed by atoms with Crippen molar-refractivity contribution >= 4 is 5.97 Å². The molecule has 0 saturated carbocycles. The predicted molar refractivity (Wildman–Crippen MR) is 118 cm³/mol. The van der Waals surface area contributed by atoms with Gasteiger partial charge in [0.15, 0.2) is 0 Å². The third kappa shape index (κ3) is 25.4. The highest BCUT2D eigenvalue weighted by molar-refractivity contribution is 5.67. The van der Waals surface area contributed by atoms with Crippen LogP contribution in [0.5, 0.6) is 0 Å². The zero-order chi connectivity index (χ0) is 20.5. The molecule has 0 fully saturated rings. The lowest BCUT2D eigenvalue weighted by atomic mass is 10.0. The first-order valence-electron chi connectivity index (χ1n) is 12.1. The van der Waals surface area contributed by atoms with Crippen molar-refractivity contribution in [1.82, 2.24) is 0 Å². The average Bonchev–Trinajstić information content (AvgIpc) is 2.68. The highest BCUT2D eigenvalue weighted by Crippen LogP contribution is 2.14. The summed E-state index contributed by atoms with van der Waals surface area (Å²) in [6.45, 7) is 3.67. The first-order chi connectivity index (χ1) is 13.8. The van der Waals surface area contributed by atoms with Crippen LogP contribution in [-0.4, -0.2) is 37.5 Å². The van der Waals surface area contributed by atoms with Crippen molar-refractivity contribution in [3.05, 3.63) is 0 Å². The molecule has 0 spiro atoms. The summed E-state index contributed by atoms with van der Waals surface area (Å²) in [7, 11) is 0. The van der Waals surface area contributed by atoms with Crippen molar-refractivity contribution in [1.29, 1.82) is 0 Å². The van der Waals surface area contributed by atoms with Gasteiger partial charge in [0.05, 0.1) is 13.2 Å². The van der Waals surface area contributed by atoms with Crippen molar-refractivity contribution in [2.75, 3.05) is 26.4 Å². The second kappa shape index (κ2) is 24.4. The molecule has 0 aliphatic carbocycles. The summed E-state index contributed by atoms with van der Waals surface area (Å²) < 4.78 is 10.3. The molecule has 0 rings (SSSR count). The molecule has 4 nitrogen and oxygen atoms in total. The van der Waals surface area contributed by atoms with Crippen molar-refractivity contribution in [2.24, 2.45) is 0 Å². The number of carbonyl (C=O) groups is 1. The van der Waals surface area contributed by atoms with Gasteiger partial charge in [0.25, 0.3) is 0 Å². The molecule has 0 atom stereocenters. The minimum atomic E-state index is -0.927. The Morgan fingerprint density at radius 1 is 0.536 bits per heavy atom. The second-order valence-electron chi connectivity index (χ2n) is 8.07. The van der Waals surface area contributed by atoms with E-state index in [2.05, 4.69) is 6.92 Å². The average molecular weight is 401 g/mol. The number of ether oxygens (including phenoxy) is 2. The molecule has 0 unspecified atom stereocenters. The Bertz CT molecular complexity index is 307. The molecule has 28 heavy (non-hydrogen) atoms. The van der Waals surface area contributed by atoms with Crippen LogP contribution in [0.4, 0.5) is 0 Å². The van der Waals surface area contributed by atoms with Gasteiger partial charge in [0.2, 0.25) is 0 Å². The summed E-state index contributed by atoms with van der Waals surface area (Å²) in [4.78, 5) is 10.3. The van der Waals surface area contributed by atoms with Crippen LogP contribution in [0, 0.1) is 0 Å². The molecule has 1 N–H and O–H groups in total. The van der Waals surface area contributed by atoms with Crippen molar-refractivity contribution in [3.63, 3.8) is 0 Å². The molecule has 0 aromatic heterocycles. The van der Waals surface area contributed by atoms with Crippen LogP contribution in [0.3, 0.4) is 0 Å². The Balaban J connectivity index is 2.99. The maximum absolute atomic E-state index is 10.3. The molecule has 0 aromatic rings. The molecular weight excluding hydrogens is 352 g/mol. The zero-order valence-corrected chi connectivity index (χ0v) is 18.7. The molecular formula is C24H48O4. The van der Waals surface area contributed by atoms with Gasteiger partial charge in [0, 0.05) is 6.61 Å². The molecule has 0 heterocycles. The zero-order valence-electron chi connectivity index (χ0n) is 18.7. The lowest BCUT2D eigenvalue weighted by Crippen LogP contribution is -2.11. The fourth-order valence-corrected chi connectivity index (χ4v) is 3.49. The topological polar surface area (TPSA) is 55.8 Å². The number of unbranched alkanes of at least 4 members (excludes halogenated alkanes) is 17. The highest BCUT2D eigenvalue weighted by Gasteiger charge is 1.97. The van der Waals surface area contributed by atoms with E-state index in [1.807, 2.05) is 0 Å². The second-order valence-corrected chi connectivity index (χ2v) is 8.07. The lowest BCUT2D eigenvalue weighted by Gasteiger charge is -2.05. The molecule has 0 aliphatic heterocycles. The fraction of sp³-hybridized carbons (Fsp3) is 0.958. The standard InChI is InChI=1S/C24H48O4/c1-2-3-4-5-6-7-8-9-10-11-12-13-14-15-16-17-18-19-20-27-21-22-28-23-24(25)26/h2-23H2,1H3,(H,25,26). The lowest BCUT2D eigenvalue weighted by molar-refractivity contribution is -0.142. The van der Waals surface area contributed by atoms with Crippen LogP contribution in [-0.2, 0) is 14.3 Å². The predicted octanol–water partition coefficient (Wildman–Crippen LogP) is 7.15. The van der Waals surface area contributed by atoms with Crippen LogP contribution >= 0.6 is 0 Å². The molecule has 0 bridgehead atoms. The quantitative estimate of drug-likeness (QED) is 0.175. The summed E-state index contributed by atoms with van der Waals surface area (Å²) in [5.41, 5.74) is 0. The minimum absolute atomic E-state index is 0.234. The molecule has 0 aliphatic rings. The molecule has 0 amide bonds. The molecule has 0 saturated heterocycles. The van der Waals surface area contributed by atoms with Gasteiger partial charge < -0.3 is 14.6 Å². The van der Waals surface area contributed by atoms with E-state index in [1.54, 1.807) is 0 Å². The monoisotopic (exact) mass is 400 g/mol. The normalized spacial score (nSPS) is 11.2. The van der Waals surface area contributed by atoms with Gasteiger partial charge in [0.1, 0.15) is 6.61 Å². The maximum atomic E-state index is 10.3. The van der Waals surface area contributed by atoms with E-state index in [9.17, 15) is 4.79 Å². The number of hydrogen-bond acceptors (Lipinski definition) is 3. The van der Waals surface area contributed by atoms with Crippen molar-refractivity contribution < 1.29 is 19.4 Å². The summed E-state index contributed by atoms with van der Waals surface area (Å²) in [5, 5.41) is 8.42. The number of rotatable bonds is 24. The third-order valence-corrected chi connectivity index (χ3v) is 5.24. The Labute approximate surface area is 174 Å². The summed E-state index contributed by atoms with van der Waals surface area (Å²) in [6.07, 6.45) is 24.9. The highest BCUT2D eigenvalue weighted by atomic mass is 16.5. The van der Waals surface area contributed by atoms with E-state index in [1.165, 1.54) is 109 Å². The maximum Gasteiger partial charge on any atom is 0.329 e. The van der Waals surface area contributed by atoms with E-state index in [-0.39, 0.29) is 6.61 Å². The Morgan fingerprint density at radius 3 is 1.29 bits per heavy atom. The molecule has 0 aromatic carbocycles. The van der Waals surface area contributed by atoms with E-state index in [0.717, 1.165) is 13.0 Å². The number of hydrogen-bond donors (Lipinski definition) is 1. The molecule has 4 heteroatoms. The first-order valence-corrected chi connectivity index (χ1v) is 12.1. The van der Waals surface area contributed by atoms with Crippen LogP contribution in [0.1, 0.15) is 122 Å². The summed E-state index contributed by atoms with van der Waals surface area (Å²) in [5.74, 6) is -0.927. The van der Waals surface area contributed by atoms with E-state index in [4.69, 9.17) is 14.6 Å². The fourth-order valence-electron chi connectivity index (χ4n) is 3.49. The largest absolute Gasteiger partial charge is 0.480 e. The van der Waals surface area contributed by atoms with Gasteiger partial charge in [-0.25, -0.2) is 4.79 Å². The smallest absolute Gasteiger partial charge is 0.329 e. The summed E-state index contributed by atoms with van der Waals surface area (Å²) in [6, 6.07) is 0. The van der Waals surface area contributed by atoms with Gasteiger partial charge in [-0.1, -0.05) is 116 Å². The van der Waals surface area contributed by atoms with Crippen LogP contribution in [0.15, 0.2) is 0 Å². The van der Waals surface area contributed by atoms with Crippen LogP contribution < -0.4 is 0 Å². The van der Waals surface area contributed by atoms with E-state index in [0.29, 0.717) is 13.2 Å². The number of carboxylic acid groups (broad SMARTS) is 1. The van der Waals surface area contributed by atoms with Gasteiger partial charge in [-0.2, -0.15) is 0 Å². The van der Waals surface area contributed by atoms with Crippen molar-refractivity contribution in [3.8, 4) is 0 Å². The van der Waals surface area contributed by atoms with Gasteiger partial charge in [-0.3, -0.25) is 0 Å². The molecule has 168 valence electrons. The number of aliphatic carboxylic acids is 1.